The number of Topliss-reactive ketones (excluding diaryl/α,β-unsaturated/α-hetero) is 1. The molecule has 152 valence electrons. The molecule has 0 amide bonds. The second kappa shape index (κ2) is 9.17. The van der Waals surface area contributed by atoms with E-state index in [0.717, 1.165) is 30.4 Å². The van der Waals surface area contributed by atoms with Crippen molar-refractivity contribution in [2.45, 2.75) is 19.8 Å². The minimum Gasteiger partial charge on any atom is -0.454 e. The normalized spacial score (nSPS) is 16.3. The quantitative estimate of drug-likeness (QED) is 0.270. The van der Waals surface area contributed by atoms with Gasteiger partial charge in [0.15, 0.2) is 12.4 Å². The first-order valence-corrected chi connectivity index (χ1v) is 10.1. The van der Waals surface area contributed by atoms with Gasteiger partial charge in [0.2, 0.25) is 0 Å². The third-order valence-corrected chi connectivity index (χ3v) is 5.38. The summed E-state index contributed by atoms with van der Waals surface area (Å²) in [6.07, 6.45) is 2.07. The number of nitrogens with zero attached hydrogens (tertiary/aromatic N) is 2. The summed E-state index contributed by atoms with van der Waals surface area (Å²) in [5, 5.41) is 11.6. The third-order valence-electron chi connectivity index (χ3n) is 4.89. The van der Waals surface area contributed by atoms with E-state index in [0.29, 0.717) is 17.2 Å². The van der Waals surface area contributed by atoms with Gasteiger partial charge in [0.25, 0.3) is 5.69 Å². The lowest BCUT2D eigenvalue weighted by atomic mass is 9.99. The number of carbonyl (C=O) groups is 2. The molecule has 0 N–H and O–H groups in total. The van der Waals surface area contributed by atoms with Crippen molar-refractivity contribution in [1.29, 1.82) is 0 Å². The fourth-order valence-electron chi connectivity index (χ4n) is 3.43. The van der Waals surface area contributed by atoms with Crippen LogP contribution in [0.3, 0.4) is 0 Å². The number of nitro benzene ring substituents is 1. The van der Waals surface area contributed by atoms with Gasteiger partial charge in [-0.2, -0.15) is 0 Å². The summed E-state index contributed by atoms with van der Waals surface area (Å²) >= 11 is 3.28. The van der Waals surface area contributed by atoms with Crippen molar-refractivity contribution in [2.24, 2.45) is 5.92 Å². The molecule has 2 aromatic carbocycles. The first-order chi connectivity index (χ1) is 13.8. The van der Waals surface area contributed by atoms with Crippen LogP contribution in [0.4, 0.5) is 11.4 Å². The van der Waals surface area contributed by atoms with Crippen LogP contribution in [0.2, 0.25) is 0 Å². The number of rotatable bonds is 6. The molecule has 1 aliphatic heterocycles. The maximum absolute atomic E-state index is 12.3. The van der Waals surface area contributed by atoms with E-state index in [1.54, 1.807) is 30.3 Å². The lowest BCUT2D eigenvalue weighted by Gasteiger charge is -2.32. The van der Waals surface area contributed by atoms with Gasteiger partial charge in [-0.3, -0.25) is 14.9 Å². The van der Waals surface area contributed by atoms with Gasteiger partial charge in [-0.15, -0.1) is 0 Å². The van der Waals surface area contributed by atoms with Crippen LogP contribution in [0, 0.1) is 16.0 Å². The number of hydrogen-bond acceptors (Lipinski definition) is 6. The zero-order chi connectivity index (χ0) is 21.0. The smallest absolute Gasteiger partial charge is 0.338 e. The van der Waals surface area contributed by atoms with Gasteiger partial charge < -0.3 is 9.64 Å². The van der Waals surface area contributed by atoms with Crippen LogP contribution >= 0.6 is 15.9 Å². The molecule has 0 bridgehead atoms. The summed E-state index contributed by atoms with van der Waals surface area (Å²) in [5.74, 6) is -0.667. The summed E-state index contributed by atoms with van der Waals surface area (Å²) in [6.45, 7) is 3.17. The van der Waals surface area contributed by atoms with E-state index in [-0.39, 0.29) is 17.0 Å². The van der Waals surface area contributed by atoms with Crippen LogP contribution < -0.4 is 4.90 Å². The van der Waals surface area contributed by atoms with E-state index < -0.39 is 17.5 Å². The molecule has 7 nitrogen and oxygen atoms in total. The highest BCUT2D eigenvalue weighted by atomic mass is 79.9. The van der Waals surface area contributed by atoms with Crippen LogP contribution in [0.25, 0.3) is 0 Å². The monoisotopic (exact) mass is 460 g/mol. The molecule has 8 heteroatoms. The van der Waals surface area contributed by atoms with E-state index in [1.165, 1.54) is 12.1 Å². The lowest BCUT2D eigenvalue weighted by Crippen LogP contribution is -2.34. The molecule has 3 rings (SSSR count). The minimum atomic E-state index is -0.769. The van der Waals surface area contributed by atoms with Crippen LogP contribution in [0.1, 0.15) is 40.5 Å². The SMILES string of the molecule is CC1CCCN(c2ccc(C(=O)OCC(=O)c3cccc(Br)c3)cc2[N+](=O)[O-])C1. The lowest BCUT2D eigenvalue weighted by molar-refractivity contribution is -0.384. The van der Waals surface area contributed by atoms with Crippen molar-refractivity contribution in [3.05, 3.63) is 68.2 Å². The van der Waals surface area contributed by atoms with Crippen LogP contribution in [0.5, 0.6) is 0 Å². The average molecular weight is 461 g/mol. The van der Waals surface area contributed by atoms with Gasteiger partial charge in [-0.25, -0.2) is 4.79 Å². The molecule has 0 spiro atoms. The maximum Gasteiger partial charge on any atom is 0.338 e. The van der Waals surface area contributed by atoms with Gasteiger partial charge >= 0.3 is 5.97 Å². The Labute approximate surface area is 176 Å². The van der Waals surface area contributed by atoms with Crippen molar-refractivity contribution in [3.8, 4) is 0 Å². The molecule has 1 unspecified atom stereocenters. The fraction of sp³-hybridized carbons (Fsp3) is 0.333. The molecular weight excluding hydrogens is 440 g/mol. The molecule has 1 aliphatic rings. The number of piperidine rings is 1. The highest BCUT2D eigenvalue weighted by Crippen LogP contribution is 2.32. The van der Waals surface area contributed by atoms with Crippen LogP contribution in [0.15, 0.2) is 46.9 Å². The first kappa shape index (κ1) is 21.0. The van der Waals surface area contributed by atoms with E-state index in [1.807, 2.05) is 4.90 Å². The molecule has 1 atom stereocenters. The van der Waals surface area contributed by atoms with Gasteiger partial charge in [-0.05, 0) is 43.0 Å². The number of carbonyl (C=O) groups excluding carboxylic acids is 2. The number of benzene rings is 2. The number of ketones is 1. The maximum atomic E-state index is 12.3. The van der Waals surface area contributed by atoms with E-state index in [9.17, 15) is 19.7 Å². The van der Waals surface area contributed by atoms with Crippen molar-refractivity contribution in [1.82, 2.24) is 0 Å². The number of anilines is 1. The topological polar surface area (TPSA) is 89.8 Å². The summed E-state index contributed by atoms with van der Waals surface area (Å²) in [7, 11) is 0. The highest BCUT2D eigenvalue weighted by molar-refractivity contribution is 9.10. The van der Waals surface area contributed by atoms with E-state index in [4.69, 9.17) is 4.74 Å². The van der Waals surface area contributed by atoms with Crippen molar-refractivity contribution in [2.75, 3.05) is 24.6 Å². The molecule has 29 heavy (non-hydrogen) atoms. The number of hydrogen-bond donors (Lipinski definition) is 0. The first-order valence-electron chi connectivity index (χ1n) is 9.34. The van der Waals surface area contributed by atoms with Crippen molar-refractivity contribution < 1.29 is 19.2 Å². The number of nitro groups is 1. The molecule has 0 saturated carbocycles. The largest absolute Gasteiger partial charge is 0.454 e. The molecule has 0 aliphatic carbocycles. The Balaban J connectivity index is 1.73. The second-order valence-electron chi connectivity index (χ2n) is 7.16. The highest BCUT2D eigenvalue weighted by Gasteiger charge is 2.25. The Hall–Kier alpha value is -2.74. The predicted octanol–water partition coefficient (Wildman–Crippen LogP) is 4.63. The predicted molar refractivity (Wildman–Crippen MR) is 112 cm³/mol. The summed E-state index contributed by atoms with van der Waals surface area (Å²) in [5.41, 5.74) is 0.829. The Bertz CT molecular complexity index is 946. The Morgan fingerprint density at radius 1 is 1.24 bits per heavy atom. The number of halogens is 1. The molecule has 1 saturated heterocycles. The Kier molecular flexibility index (Phi) is 6.64. The average Bonchev–Trinajstić information content (AvgIpc) is 2.71. The third kappa shape index (κ3) is 5.20. The second-order valence-corrected chi connectivity index (χ2v) is 8.08. The molecule has 1 heterocycles. The van der Waals surface area contributed by atoms with Crippen molar-refractivity contribution >= 4 is 39.1 Å². The molecule has 2 aromatic rings. The molecular formula is C21H21BrN2O5. The summed E-state index contributed by atoms with van der Waals surface area (Å²) in [6, 6.07) is 11.1. The summed E-state index contributed by atoms with van der Waals surface area (Å²) in [4.78, 5) is 37.6. The van der Waals surface area contributed by atoms with Gasteiger partial charge in [0, 0.05) is 29.2 Å². The molecule has 0 aromatic heterocycles. The Morgan fingerprint density at radius 2 is 2.03 bits per heavy atom. The van der Waals surface area contributed by atoms with Crippen LogP contribution in [-0.2, 0) is 4.74 Å². The van der Waals surface area contributed by atoms with Gasteiger partial charge in [0.1, 0.15) is 5.69 Å². The van der Waals surface area contributed by atoms with Crippen molar-refractivity contribution in [3.63, 3.8) is 0 Å². The number of ether oxygens (including phenoxy) is 1. The van der Waals surface area contributed by atoms with Gasteiger partial charge in [0.05, 0.1) is 10.5 Å². The molecule has 1 fully saturated rings. The Morgan fingerprint density at radius 3 is 2.72 bits per heavy atom. The standard InChI is InChI=1S/C21H21BrN2O5/c1-14-4-3-9-23(12-14)18-8-7-16(11-19(18)24(27)28)21(26)29-13-20(25)15-5-2-6-17(22)10-15/h2,5-8,10-11,14H,3-4,9,12-13H2,1H3. The van der Waals surface area contributed by atoms with E-state index >= 15 is 0 Å². The van der Waals surface area contributed by atoms with Gasteiger partial charge in [-0.1, -0.05) is 35.0 Å². The molecule has 0 radical (unpaired) electrons. The van der Waals surface area contributed by atoms with E-state index in [2.05, 4.69) is 22.9 Å². The summed E-state index contributed by atoms with van der Waals surface area (Å²) < 4.78 is 5.82. The minimum absolute atomic E-state index is 0.0487. The fourth-order valence-corrected chi connectivity index (χ4v) is 3.83. The number of esters is 1. The van der Waals surface area contributed by atoms with Crippen LogP contribution in [-0.4, -0.2) is 36.4 Å². The zero-order valence-electron chi connectivity index (χ0n) is 16.0. The zero-order valence-corrected chi connectivity index (χ0v) is 17.6.